The van der Waals surface area contributed by atoms with Crippen LogP contribution in [0.1, 0.15) is 22.8 Å². The maximum Gasteiger partial charge on any atom is 0.159 e. The van der Waals surface area contributed by atoms with Gasteiger partial charge in [-0.15, -0.1) is 0 Å². The van der Waals surface area contributed by atoms with Crippen LogP contribution in [0.3, 0.4) is 0 Å². The van der Waals surface area contributed by atoms with Gasteiger partial charge < -0.3 is 0 Å². The lowest BCUT2D eigenvalue weighted by atomic mass is 10.1. The Morgan fingerprint density at radius 1 is 1.62 bits per heavy atom. The van der Waals surface area contributed by atoms with Gasteiger partial charge >= 0.3 is 0 Å². The molecule has 1 aromatic rings. The van der Waals surface area contributed by atoms with E-state index in [0.717, 1.165) is 0 Å². The van der Waals surface area contributed by atoms with E-state index >= 15 is 0 Å². The molecule has 0 saturated carbocycles. The Kier molecular flexibility index (Phi) is 2.98. The Balaban J connectivity index is 3.41. The topological polar surface area (TPSA) is 40.9 Å². The lowest BCUT2D eigenvalue weighted by molar-refractivity contribution is 0.101. The molecular formula is C9H5FINO. The van der Waals surface area contributed by atoms with Crippen LogP contribution in [-0.4, -0.2) is 5.78 Å². The SMILES string of the molecule is CC(=O)c1cc(I)c(F)c(C#N)c1. The van der Waals surface area contributed by atoms with Crippen LogP contribution in [0.25, 0.3) is 0 Å². The van der Waals surface area contributed by atoms with Gasteiger partial charge in [0.1, 0.15) is 6.07 Å². The third-order valence-electron chi connectivity index (χ3n) is 1.56. The Morgan fingerprint density at radius 2 is 2.23 bits per heavy atom. The van der Waals surface area contributed by atoms with Gasteiger partial charge in [0.05, 0.1) is 9.13 Å². The van der Waals surface area contributed by atoms with Gasteiger partial charge in [-0.2, -0.15) is 5.26 Å². The molecule has 0 bridgehead atoms. The molecule has 2 nitrogen and oxygen atoms in total. The number of halogens is 2. The predicted octanol–water partition coefficient (Wildman–Crippen LogP) is 2.50. The molecule has 1 rings (SSSR count). The maximum atomic E-state index is 13.1. The minimum absolute atomic E-state index is 0.0860. The highest BCUT2D eigenvalue weighted by molar-refractivity contribution is 14.1. The van der Waals surface area contributed by atoms with Crippen LogP contribution >= 0.6 is 22.6 Å². The van der Waals surface area contributed by atoms with E-state index in [1.54, 1.807) is 28.7 Å². The molecule has 0 aliphatic heterocycles. The van der Waals surface area contributed by atoms with E-state index in [1.807, 2.05) is 0 Å². The first-order valence-corrected chi connectivity index (χ1v) is 4.54. The lowest BCUT2D eigenvalue weighted by Gasteiger charge is -2.00. The minimum Gasteiger partial charge on any atom is -0.295 e. The van der Waals surface area contributed by atoms with Crippen LogP contribution in [0.2, 0.25) is 0 Å². The van der Waals surface area contributed by atoms with E-state index in [9.17, 15) is 9.18 Å². The van der Waals surface area contributed by atoms with Gasteiger partial charge in [0.2, 0.25) is 0 Å². The quantitative estimate of drug-likeness (QED) is 0.588. The van der Waals surface area contributed by atoms with Crippen LogP contribution in [0.4, 0.5) is 4.39 Å². The summed E-state index contributed by atoms with van der Waals surface area (Å²) >= 11 is 1.75. The van der Waals surface area contributed by atoms with E-state index in [-0.39, 0.29) is 11.3 Å². The van der Waals surface area contributed by atoms with E-state index in [2.05, 4.69) is 0 Å². The summed E-state index contributed by atoms with van der Waals surface area (Å²) < 4.78 is 13.4. The second-order valence-corrected chi connectivity index (χ2v) is 3.65. The molecule has 0 aromatic heterocycles. The Morgan fingerprint density at radius 3 is 2.69 bits per heavy atom. The monoisotopic (exact) mass is 289 g/mol. The molecule has 0 unspecified atom stereocenters. The van der Waals surface area contributed by atoms with Crippen molar-refractivity contribution in [3.05, 3.63) is 32.6 Å². The first-order valence-electron chi connectivity index (χ1n) is 3.46. The zero-order valence-electron chi connectivity index (χ0n) is 6.77. The van der Waals surface area contributed by atoms with Crippen molar-refractivity contribution < 1.29 is 9.18 Å². The highest BCUT2D eigenvalue weighted by Crippen LogP contribution is 2.17. The molecule has 4 heteroatoms. The number of carbonyl (C=O) groups is 1. The summed E-state index contributed by atoms with van der Waals surface area (Å²) in [6.07, 6.45) is 0. The number of carbonyl (C=O) groups excluding carboxylic acids is 1. The minimum atomic E-state index is -0.562. The molecule has 0 aliphatic rings. The van der Waals surface area contributed by atoms with Crippen LogP contribution in [-0.2, 0) is 0 Å². The van der Waals surface area contributed by atoms with Crippen molar-refractivity contribution in [1.82, 2.24) is 0 Å². The van der Waals surface area contributed by atoms with Gasteiger partial charge in [-0.25, -0.2) is 4.39 Å². The van der Waals surface area contributed by atoms with Crippen LogP contribution in [0.5, 0.6) is 0 Å². The first kappa shape index (κ1) is 10.1. The van der Waals surface area contributed by atoms with Crippen molar-refractivity contribution in [2.75, 3.05) is 0 Å². The molecule has 13 heavy (non-hydrogen) atoms. The fourth-order valence-electron chi connectivity index (χ4n) is 0.874. The molecule has 0 amide bonds. The average molecular weight is 289 g/mol. The second kappa shape index (κ2) is 3.83. The molecule has 0 atom stereocenters. The molecule has 0 radical (unpaired) electrons. The fourth-order valence-corrected chi connectivity index (χ4v) is 1.50. The lowest BCUT2D eigenvalue weighted by Crippen LogP contribution is -1.97. The van der Waals surface area contributed by atoms with Crippen molar-refractivity contribution >= 4 is 28.4 Å². The first-order chi connectivity index (χ1) is 6.06. The van der Waals surface area contributed by atoms with Crippen molar-refractivity contribution in [2.45, 2.75) is 6.92 Å². The Bertz CT molecular complexity index is 409. The molecule has 66 valence electrons. The molecule has 0 aliphatic carbocycles. The van der Waals surface area contributed by atoms with Crippen LogP contribution < -0.4 is 0 Å². The maximum absolute atomic E-state index is 13.1. The average Bonchev–Trinajstić information content (AvgIpc) is 2.09. The van der Waals surface area contributed by atoms with E-state index in [1.165, 1.54) is 19.1 Å². The largest absolute Gasteiger partial charge is 0.295 e. The normalized spacial score (nSPS) is 9.38. The summed E-state index contributed by atoms with van der Waals surface area (Å²) in [6.45, 7) is 1.38. The molecule has 0 heterocycles. The van der Waals surface area contributed by atoms with Gasteiger partial charge in [0.15, 0.2) is 11.6 Å². The van der Waals surface area contributed by atoms with Crippen molar-refractivity contribution in [3.8, 4) is 6.07 Å². The standard InChI is InChI=1S/C9H5FINO/c1-5(13)6-2-7(4-12)9(10)8(11)3-6/h2-3H,1H3. The van der Waals surface area contributed by atoms with Crippen LogP contribution in [0, 0.1) is 20.7 Å². The zero-order valence-corrected chi connectivity index (χ0v) is 8.92. The number of hydrogen-bond acceptors (Lipinski definition) is 2. The number of nitriles is 1. The molecule has 0 N–H and O–H groups in total. The summed E-state index contributed by atoms with van der Waals surface area (Å²) in [5.74, 6) is -0.734. The molecule has 1 aromatic carbocycles. The molecule has 0 spiro atoms. The summed E-state index contributed by atoms with van der Waals surface area (Å²) in [5.41, 5.74) is 0.277. The number of Topliss-reactive ketones (excluding diaryl/α,β-unsaturated/α-hetero) is 1. The third-order valence-corrected chi connectivity index (χ3v) is 2.34. The summed E-state index contributed by atoms with van der Waals surface area (Å²) in [5, 5.41) is 8.54. The third kappa shape index (κ3) is 2.04. The highest BCUT2D eigenvalue weighted by Gasteiger charge is 2.10. The Hall–Kier alpha value is -0.960. The number of rotatable bonds is 1. The summed E-state index contributed by atoms with van der Waals surface area (Å²) in [7, 11) is 0. The van der Waals surface area contributed by atoms with Gasteiger partial charge in [0, 0.05) is 5.56 Å². The molecule has 0 fully saturated rings. The number of benzene rings is 1. The van der Waals surface area contributed by atoms with Gasteiger partial charge in [-0.3, -0.25) is 4.79 Å². The molecular weight excluding hydrogens is 284 g/mol. The summed E-state index contributed by atoms with van der Waals surface area (Å²) in [4.78, 5) is 10.9. The number of hydrogen-bond donors (Lipinski definition) is 0. The predicted molar refractivity (Wildman–Crippen MR) is 53.8 cm³/mol. The van der Waals surface area contributed by atoms with Crippen LogP contribution in [0.15, 0.2) is 12.1 Å². The van der Waals surface area contributed by atoms with Crippen molar-refractivity contribution in [1.29, 1.82) is 5.26 Å². The van der Waals surface area contributed by atoms with E-state index in [4.69, 9.17) is 5.26 Å². The fraction of sp³-hybridized carbons (Fsp3) is 0.111. The van der Waals surface area contributed by atoms with E-state index in [0.29, 0.717) is 9.13 Å². The summed E-state index contributed by atoms with van der Waals surface area (Å²) in [6, 6.07) is 4.39. The molecule has 0 saturated heterocycles. The highest BCUT2D eigenvalue weighted by atomic mass is 127. The number of ketones is 1. The van der Waals surface area contributed by atoms with Gasteiger partial charge in [0.25, 0.3) is 0 Å². The second-order valence-electron chi connectivity index (χ2n) is 2.49. The van der Waals surface area contributed by atoms with Gasteiger partial charge in [-0.1, -0.05) is 0 Å². The van der Waals surface area contributed by atoms with E-state index < -0.39 is 5.82 Å². The number of nitrogens with zero attached hydrogens (tertiary/aromatic N) is 1. The zero-order chi connectivity index (χ0) is 10.0. The van der Waals surface area contributed by atoms with Crippen molar-refractivity contribution in [2.24, 2.45) is 0 Å². The Labute approximate surface area is 88.5 Å². The van der Waals surface area contributed by atoms with Gasteiger partial charge in [-0.05, 0) is 41.6 Å². The van der Waals surface area contributed by atoms with Crippen molar-refractivity contribution in [3.63, 3.8) is 0 Å². The smallest absolute Gasteiger partial charge is 0.159 e.